The van der Waals surface area contributed by atoms with Crippen molar-refractivity contribution in [2.75, 3.05) is 6.54 Å². The third kappa shape index (κ3) is 2.64. The summed E-state index contributed by atoms with van der Waals surface area (Å²) in [5.74, 6) is 0.304. The van der Waals surface area contributed by atoms with Crippen LogP contribution in [0, 0.1) is 19.3 Å². The van der Waals surface area contributed by atoms with Gasteiger partial charge in [0.15, 0.2) is 0 Å². The molecular formula is C14H22N2OS. The van der Waals surface area contributed by atoms with Crippen molar-refractivity contribution >= 4 is 17.1 Å². The smallest absolute Gasteiger partial charge is 0.147 e. The molecule has 0 unspecified atom stereocenters. The summed E-state index contributed by atoms with van der Waals surface area (Å²) in [5.41, 5.74) is 6.68. The molecule has 2 rings (SSSR count). The average molecular weight is 266 g/mol. The van der Waals surface area contributed by atoms with Gasteiger partial charge < -0.3 is 5.73 Å². The van der Waals surface area contributed by atoms with Crippen LogP contribution in [0.5, 0.6) is 0 Å². The zero-order valence-electron chi connectivity index (χ0n) is 11.3. The van der Waals surface area contributed by atoms with Crippen molar-refractivity contribution in [3.63, 3.8) is 0 Å². The van der Waals surface area contributed by atoms with Crippen LogP contribution in [0.4, 0.5) is 0 Å². The van der Waals surface area contributed by atoms with E-state index in [0.29, 0.717) is 18.7 Å². The summed E-state index contributed by atoms with van der Waals surface area (Å²) in [5, 5.41) is 0.952. The molecule has 0 aliphatic heterocycles. The lowest BCUT2D eigenvalue weighted by molar-refractivity contribution is -0.129. The van der Waals surface area contributed by atoms with Gasteiger partial charge in [-0.3, -0.25) is 4.79 Å². The minimum absolute atomic E-state index is 0.258. The second-order valence-corrected chi connectivity index (χ2v) is 6.68. The molecule has 0 saturated heterocycles. The maximum atomic E-state index is 12.5. The van der Waals surface area contributed by atoms with E-state index in [1.807, 2.05) is 6.92 Å². The van der Waals surface area contributed by atoms with Crippen molar-refractivity contribution in [3.8, 4) is 0 Å². The fourth-order valence-corrected chi connectivity index (χ4v) is 3.70. The van der Waals surface area contributed by atoms with Gasteiger partial charge in [0.05, 0.1) is 12.1 Å². The monoisotopic (exact) mass is 266 g/mol. The normalized spacial score (nSPS) is 18.8. The molecule has 0 radical (unpaired) electrons. The lowest BCUT2D eigenvalue weighted by Crippen LogP contribution is -2.41. The molecule has 1 fully saturated rings. The van der Waals surface area contributed by atoms with Crippen molar-refractivity contribution in [2.24, 2.45) is 11.1 Å². The summed E-state index contributed by atoms with van der Waals surface area (Å²) in [7, 11) is 0. The van der Waals surface area contributed by atoms with Gasteiger partial charge in [-0.05, 0) is 26.7 Å². The first-order valence-corrected chi connectivity index (χ1v) is 7.55. The predicted octanol–water partition coefficient (Wildman–Crippen LogP) is 2.78. The van der Waals surface area contributed by atoms with E-state index >= 15 is 0 Å². The Labute approximate surface area is 113 Å². The Morgan fingerprint density at radius 3 is 2.50 bits per heavy atom. The number of ketones is 1. The number of carbonyl (C=O) groups excluding carboxylic acids is 1. The highest BCUT2D eigenvalue weighted by atomic mass is 32.1. The van der Waals surface area contributed by atoms with Crippen LogP contribution in [0.25, 0.3) is 0 Å². The second-order valence-electron chi connectivity index (χ2n) is 5.39. The number of nitrogens with zero attached hydrogens (tertiary/aromatic N) is 1. The molecule has 2 N–H and O–H groups in total. The maximum Gasteiger partial charge on any atom is 0.147 e. The third-order valence-electron chi connectivity index (χ3n) is 4.18. The summed E-state index contributed by atoms with van der Waals surface area (Å²) < 4.78 is 0. The summed E-state index contributed by atoms with van der Waals surface area (Å²) in [6.07, 6.45) is 5.91. The molecule has 0 spiro atoms. The van der Waals surface area contributed by atoms with E-state index in [1.165, 1.54) is 11.3 Å². The van der Waals surface area contributed by atoms with Crippen LogP contribution in [-0.2, 0) is 11.2 Å². The molecule has 0 atom stereocenters. The number of hydrogen-bond donors (Lipinski definition) is 1. The van der Waals surface area contributed by atoms with Crippen LogP contribution in [0.3, 0.4) is 0 Å². The number of aromatic nitrogens is 1. The summed E-state index contributed by atoms with van der Waals surface area (Å²) in [6, 6.07) is 0. The molecule has 100 valence electrons. The van der Waals surface area contributed by atoms with Gasteiger partial charge in [-0.15, -0.1) is 11.3 Å². The average Bonchev–Trinajstić information content (AvgIpc) is 2.69. The van der Waals surface area contributed by atoms with Crippen molar-refractivity contribution in [2.45, 2.75) is 52.4 Å². The summed E-state index contributed by atoms with van der Waals surface area (Å²) in [4.78, 5) is 18.2. The number of carbonyl (C=O) groups is 1. The van der Waals surface area contributed by atoms with Crippen molar-refractivity contribution in [1.29, 1.82) is 0 Å². The molecule has 1 aromatic rings. The Morgan fingerprint density at radius 2 is 2.00 bits per heavy atom. The van der Waals surface area contributed by atoms with Crippen molar-refractivity contribution in [3.05, 3.63) is 15.6 Å². The Morgan fingerprint density at radius 1 is 1.33 bits per heavy atom. The Balaban J connectivity index is 2.10. The molecule has 0 amide bonds. The van der Waals surface area contributed by atoms with Gasteiger partial charge in [0.1, 0.15) is 10.8 Å². The second kappa shape index (κ2) is 5.49. The molecule has 3 nitrogen and oxygen atoms in total. The highest BCUT2D eigenvalue weighted by Crippen LogP contribution is 2.37. The minimum Gasteiger partial charge on any atom is -0.329 e. The van der Waals surface area contributed by atoms with E-state index in [2.05, 4.69) is 11.9 Å². The van der Waals surface area contributed by atoms with Crippen LogP contribution in [0.15, 0.2) is 0 Å². The predicted molar refractivity (Wildman–Crippen MR) is 74.9 cm³/mol. The van der Waals surface area contributed by atoms with Crippen molar-refractivity contribution < 1.29 is 4.79 Å². The summed E-state index contributed by atoms with van der Waals surface area (Å²) >= 11 is 1.64. The van der Waals surface area contributed by atoms with Crippen LogP contribution in [0.2, 0.25) is 0 Å². The third-order valence-corrected chi connectivity index (χ3v) is 5.25. The van der Waals surface area contributed by atoms with Crippen LogP contribution in [-0.4, -0.2) is 17.3 Å². The van der Waals surface area contributed by atoms with Crippen LogP contribution < -0.4 is 5.73 Å². The first-order valence-electron chi connectivity index (χ1n) is 6.74. The van der Waals surface area contributed by atoms with E-state index in [-0.39, 0.29) is 5.41 Å². The van der Waals surface area contributed by atoms with Gasteiger partial charge in [-0.1, -0.05) is 19.3 Å². The lowest BCUT2D eigenvalue weighted by Gasteiger charge is -2.34. The molecule has 1 saturated carbocycles. The standard InChI is InChI=1S/C14H22N2OS/c1-10-11(2)18-13(16-10)8-12(17)14(9-15)6-4-3-5-7-14/h3-9,15H2,1-2H3. The number of thiazole rings is 1. The SMILES string of the molecule is Cc1nc(CC(=O)C2(CN)CCCCC2)sc1C. The van der Waals surface area contributed by atoms with E-state index in [4.69, 9.17) is 5.73 Å². The Kier molecular flexibility index (Phi) is 4.17. The van der Waals surface area contributed by atoms with Gasteiger partial charge in [0.2, 0.25) is 0 Å². The molecule has 1 aromatic heterocycles. The van der Waals surface area contributed by atoms with Gasteiger partial charge in [0, 0.05) is 16.8 Å². The van der Waals surface area contributed by atoms with Crippen LogP contribution >= 0.6 is 11.3 Å². The molecule has 0 bridgehead atoms. The van der Waals surface area contributed by atoms with Gasteiger partial charge in [-0.25, -0.2) is 4.98 Å². The molecule has 1 heterocycles. The highest BCUT2D eigenvalue weighted by molar-refractivity contribution is 7.11. The molecule has 1 aliphatic rings. The minimum atomic E-state index is -0.258. The first kappa shape index (κ1) is 13.7. The quantitative estimate of drug-likeness (QED) is 0.911. The van der Waals surface area contributed by atoms with E-state index in [9.17, 15) is 4.79 Å². The molecular weight excluding hydrogens is 244 g/mol. The zero-order valence-corrected chi connectivity index (χ0v) is 12.1. The maximum absolute atomic E-state index is 12.5. The van der Waals surface area contributed by atoms with Crippen molar-refractivity contribution in [1.82, 2.24) is 4.98 Å². The van der Waals surface area contributed by atoms with E-state index in [0.717, 1.165) is 36.4 Å². The molecule has 4 heteroatoms. The fourth-order valence-electron chi connectivity index (χ4n) is 2.76. The highest BCUT2D eigenvalue weighted by Gasteiger charge is 2.37. The number of Topliss-reactive ketones (excluding diaryl/α,β-unsaturated/α-hetero) is 1. The van der Waals surface area contributed by atoms with Crippen LogP contribution in [0.1, 0.15) is 47.7 Å². The largest absolute Gasteiger partial charge is 0.329 e. The van der Waals surface area contributed by atoms with E-state index in [1.54, 1.807) is 11.3 Å². The van der Waals surface area contributed by atoms with E-state index < -0.39 is 0 Å². The first-order chi connectivity index (χ1) is 8.57. The zero-order chi connectivity index (χ0) is 13.2. The number of aryl methyl sites for hydroxylation is 2. The van der Waals surface area contributed by atoms with Gasteiger partial charge in [-0.2, -0.15) is 0 Å². The molecule has 0 aromatic carbocycles. The molecule has 1 aliphatic carbocycles. The number of rotatable bonds is 4. The summed E-state index contributed by atoms with van der Waals surface area (Å²) in [6.45, 7) is 4.55. The molecule has 18 heavy (non-hydrogen) atoms. The number of hydrogen-bond acceptors (Lipinski definition) is 4. The van der Waals surface area contributed by atoms with Gasteiger partial charge >= 0.3 is 0 Å². The lowest BCUT2D eigenvalue weighted by atomic mass is 9.70. The topological polar surface area (TPSA) is 56.0 Å². The van der Waals surface area contributed by atoms with Gasteiger partial charge in [0.25, 0.3) is 0 Å². The Hall–Kier alpha value is -0.740. The fraction of sp³-hybridized carbons (Fsp3) is 0.714. The Bertz CT molecular complexity index is 414. The number of nitrogens with two attached hydrogens (primary N) is 1.